The molecule has 0 fully saturated rings. The van der Waals surface area contributed by atoms with Gasteiger partial charge < -0.3 is 5.11 Å². The van der Waals surface area contributed by atoms with Gasteiger partial charge in [0.2, 0.25) is 5.43 Å². The van der Waals surface area contributed by atoms with Crippen molar-refractivity contribution in [2.45, 2.75) is 0 Å². The maximum Gasteiger partial charge on any atom is 0.220 e. The molecule has 2 aromatic heterocycles. The average Bonchev–Trinajstić information content (AvgIpc) is 2.61. The fraction of sp³-hybridized carbons (Fsp3) is 0. The second-order valence-electron chi connectivity index (χ2n) is 4.09. The highest BCUT2D eigenvalue weighted by Crippen LogP contribution is 2.24. The molecule has 0 saturated heterocycles. The average molecular weight is 250 g/mol. The van der Waals surface area contributed by atoms with Crippen molar-refractivity contribution in [3.63, 3.8) is 0 Å². The lowest BCUT2D eigenvalue weighted by Gasteiger charge is -2.02. The predicted molar refractivity (Wildman–Crippen MR) is 72.9 cm³/mol. The lowest BCUT2D eigenvalue weighted by Crippen LogP contribution is -1.95. The van der Waals surface area contributed by atoms with Crippen molar-refractivity contribution in [3.8, 4) is 17.0 Å². The Bertz CT molecular complexity index is 816. The van der Waals surface area contributed by atoms with Crippen LogP contribution >= 0.6 is 0 Å². The highest BCUT2D eigenvalue weighted by atomic mass is 16.3. The summed E-state index contributed by atoms with van der Waals surface area (Å²) in [5, 5.41) is 10.8. The second kappa shape index (κ2) is 4.49. The first-order chi connectivity index (χ1) is 9.25. The lowest BCUT2D eigenvalue weighted by atomic mass is 10.1. The molecule has 0 aliphatic rings. The number of rotatable bonds is 1. The Balaban J connectivity index is 2.28. The number of hydrogen-bond donors (Lipinski definition) is 1. The van der Waals surface area contributed by atoms with E-state index in [2.05, 4.69) is 9.97 Å². The van der Waals surface area contributed by atoms with Crippen molar-refractivity contribution in [2.75, 3.05) is 0 Å². The van der Waals surface area contributed by atoms with E-state index >= 15 is 0 Å². The minimum atomic E-state index is -0.428. The Kier molecular flexibility index (Phi) is 2.68. The van der Waals surface area contributed by atoms with E-state index in [0.717, 1.165) is 5.39 Å². The summed E-state index contributed by atoms with van der Waals surface area (Å²) in [4.78, 5) is 20.1. The van der Waals surface area contributed by atoms with Gasteiger partial charge in [-0.2, -0.15) is 0 Å². The van der Waals surface area contributed by atoms with Crippen LogP contribution in [0.15, 0.2) is 59.5 Å². The molecule has 4 nitrogen and oxygen atoms in total. The zero-order valence-electron chi connectivity index (χ0n) is 9.95. The molecule has 0 aliphatic heterocycles. The van der Waals surface area contributed by atoms with E-state index in [1.807, 2.05) is 18.2 Å². The van der Waals surface area contributed by atoms with Gasteiger partial charge in [-0.15, -0.1) is 0 Å². The second-order valence-corrected chi connectivity index (χ2v) is 4.09. The van der Waals surface area contributed by atoms with Crippen molar-refractivity contribution in [1.29, 1.82) is 0 Å². The number of nitrogens with zero attached hydrogens (tertiary/aromatic N) is 2. The Morgan fingerprint density at radius 2 is 1.79 bits per heavy atom. The molecule has 0 amide bonds. The molecule has 1 aromatic carbocycles. The molecule has 0 spiro atoms. The van der Waals surface area contributed by atoms with Crippen molar-refractivity contribution >= 4 is 11.0 Å². The number of fused-ring (bicyclic) bond motifs is 1. The quantitative estimate of drug-likeness (QED) is 0.720. The summed E-state index contributed by atoms with van der Waals surface area (Å²) in [6.07, 6.45) is 1.66. The van der Waals surface area contributed by atoms with E-state index in [4.69, 9.17) is 0 Å². The SMILES string of the molecule is O=c1ccccc(-c2ccc3cccnc3n2)c1O. The molecule has 1 N–H and O–H groups in total. The van der Waals surface area contributed by atoms with Gasteiger partial charge in [-0.05, 0) is 36.4 Å². The summed E-state index contributed by atoms with van der Waals surface area (Å²) in [6.45, 7) is 0. The molecule has 0 saturated carbocycles. The van der Waals surface area contributed by atoms with E-state index < -0.39 is 5.43 Å². The Hall–Kier alpha value is -2.75. The van der Waals surface area contributed by atoms with Crippen LogP contribution in [0.1, 0.15) is 0 Å². The van der Waals surface area contributed by atoms with Crippen LogP contribution in [-0.2, 0) is 0 Å². The molecule has 3 rings (SSSR count). The largest absolute Gasteiger partial charge is 0.504 e. The number of aromatic hydroxyl groups is 1. The molecule has 3 aromatic rings. The fourth-order valence-electron chi connectivity index (χ4n) is 1.90. The molecular formula is C15H10N2O2. The first-order valence-electron chi connectivity index (χ1n) is 5.80. The van der Waals surface area contributed by atoms with Crippen LogP contribution in [0.3, 0.4) is 0 Å². The van der Waals surface area contributed by atoms with Gasteiger partial charge in [-0.3, -0.25) is 4.79 Å². The summed E-state index contributed by atoms with van der Waals surface area (Å²) in [6, 6.07) is 13.6. The monoisotopic (exact) mass is 250 g/mol. The van der Waals surface area contributed by atoms with Crippen LogP contribution in [0.5, 0.6) is 5.75 Å². The molecule has 0 atom stereocenters. The minimum absolute atomic E-state index is 0.298. The van der Waals surface area contributed by atoms with Gasteiger partial charge >= 0.3 is 0 Å². The standard InChI is InChI=1S/C15H10N2O2/c18-13-6-2-1-5-11(14(13)19)12-8-7-10-4-3-9-16-15(10)17-12/h1-9H,(H,18,19). The first kappa shape index (κ1) is 11.3. The zero-order chi connectivity index (χ0) is 13.2. The van der Waals surface area contributed by atoms with E-state index in [1.54, 1.807) is 30.5 Å². The highest BCUT2D eigenvalue weighted by Gasteiger charge is 2.08. The summed E-state index contributed by atoms with van der Waals surface area (Å²) in [7, 11) is 0. The fourth-order valence-corrected chi connectivity index (χ4v) is 1.90. The maximum atomic E-state index is 11.6. The molecule has 0 aliphatic carbocycles. The Morgan fingerprint density at radius 1 is 0.947 bits per heavy atom. The summed E-state index contributed by atoms with van der Waals surface area (Å²) >= 11 is 0. The van der Waals surface area contributed by atoms with Gasteiger partial charge in [-0.1, -0.05) is 12.1 Å². The lowest BCUT2D eigenvalue weighted by molar-refractivity contribution is 0.473. The van der Waals surface area contributed by atoms with Gasteiger partial charge in [0.05, 0.1) is 5.69 Å². The third-order valence-corrected chi connectivity index (χ3v) is 2.85. The normalized spacial score (nSPS) is 10.5. The molecule has 0 radical (unpaired) electrons. The molecule has 0 unspecified atom stereocenters. The van der Waals surface area contributed by atoms with Crippen molar-refractivity contribution < 1.29 is 5.11 Å². The van der Waals surface area contributed by atoms with E-state index in [9.17, 15) is 9.90 Å². The first-order valence-corrected chi connectivity index (χ1v) is 5.80. The van der Waals surface area contributed by atoms with Crippen LogP contribution in [0.2, 0.25) is 0 Å². The minimum Gasteiger partial charge on any atom is -0.504 e. The van der Waals surface area contributed by atoms with Crippen molar-refractivity contribution in [3.05, 3.63) is 65.0 Å². The van der Waals surface area contributed by atoms with Gasteiger partial charge in [-0.25, -0.2) is 9.97 Å². The van der Waals surface area contributed by atoms with Gasteiger partial charge in [0.15, 0.2) is 11.4 Å². The topological polar surface area (TPSA) is 63.1 Å². The zero-order valence-corrected chi connectivity index (χ0v) is 9.95. The summed E-state index contributed by atoms with van der Waals surface area (Å²) < 4.78 is 0. The smallest absolute Gasteiger partial charge is 0.220 e. The third kappa shape index (κ3) is 2.04. The summed E-state index contributed by atoms with van der Waals surface area (Å²) in [5.41, 5.74) is 1.08. The summed E-state index contributed by atoms with van der Waals surface area (Å²) in [5.74, 6) is -0.298. The van der Waals surface area contributed by atoms with Crippen LogP contribution in [0.25, 0.3) is 22.3 Å². The van der Waals surface area contributed by atoms with Crippen LogP contribution < -0.4 is 5.43 Å². The van der Waals surface area contributed by atoms with Gasteiger partial charge in [0.25, 0.3) is 0 Å². The molecule has 92 valence electrons. The number of pyridine rings is 2. The van der Waals surface area contributed by atoms with Crippen molar-refractivity contribution in [1.82, 2.24) is 9.97 Å². The number of aromatic nitrogens is 2. The maximum absolute atomic E-state index is 11.6. The van der Waals surface area contributed by atoms with Crippen LogP contribution in [-0.4, -0.2) is 15.1 Å². The molecule has 4 heteroatoms. The predicted octanol–water partition coefficient (Wildman–Crippen LogP) is 2.36. The van der Waals surface area contributed by atoms with Gasteiger partial charge in [0, 0.05) is 17.1 Å². The van der Waals surface area contributed by atoms with Gasteiger partial charge in [0.1, 0.15) is 0 Å². The van der Waals surface area contributed by atoms with Crippen LogP contribution in [0.4, 0.5) is 0 Å². The van der Waals surface area contributed by atoms with E-state index in [0.29, 0.717) is 16.9 Å². The molecule has 19 heavy (non-hydrogen) atoms. The van der Waals surface area contributed by atoms with E-state index in [1.165, 1.54) is 6.07 Å². The Morgan fingerprint density at radius 3 is 2.68 bits per heavy atom. The molecular weight excluding hydrogens is 240 g/mol. The molecule has 0 bridgehead atoms. The third-order valence-electron chi connectivity index (χ3n) is 2.85. The molecule has 2 heterocycles. The van der Waals surface area contributed by atoms with Crippen LogP contribution in [0, 0.1) is 0 Å². The van der Waals surface area contributed by atoms with E-state index in [-0.39, 0.29) is 5.75 Å². The number of hydrogen-bond acceptors (Lipinski definition) is 4. The Labute approximate surface area is 109 Å². The highest BCUT2D eigenvalue weighted by molar-refractivity contribution is 5.79. The van der Waals surface area contributed by atoms with Crippen molar-refractivity contribution in [2.24, 2.45) is 0 Å².